The largest absolute Gasteiger partial charge is 0.444 e. The molecule has 1 amide bonds. The number of carbonyl (C=O) groups excluding carboxylic acids is 1. The first-order valence-electron chi connectivity index (χ1n) is 6.01. The van der Waals surface area contributed by atoms with E-state index in [1.165, 1.54) is 0 Å². The first-order valence-corrected chi connectivity index (χ1v) is 6.80. The van der Waals surface area contributed by atoms with Crippen LogP contribution in [0.15, 0.2) is 16.9 Å². The molecule has 2 N–H and O–H groups in total. The lowest BCUT2D eigenvalue weighted by Crippen LogP contribution is -2.36. The molecule has 0 aliphatic heterocycles. The Morgan fingerprint density at radius 3 is 2.53 bits per heavy atom. The summed E-state index contributed by atoms with van der Waals surface area (Å²) in [4.78, 5) is 19.6. The van der Waals surface area contributed by atoms with Gasteiger partial charge in [-0.3, -0.25) is 0 Å². The first kappa shape index (κ1) is 15.8. The minimum Gasteiger partial charge on any atom is -0.444 e. The number of alkyl carbamates (subject to hydrolysis) is 1. The number of nitrogens with one attached hydrogen (secondary N) is 2. The Balaban J connectivity index is 2.11. The number of rotatable bonds is 5. The minimum atomic E-state index is -0.469. The van der Waals surface area contributed by atoms with Crippen molar-refractivity contribution in [3.05, 3.63) is 22.7 Å². The van der Waals surface area contributed by atoms with Gasteiger partial charge in [0.2, 0.25) is 0 Å². The number of amides is 1. The van der Waals surface area contributed by atoms with E-state index in [0.29, 0.717) is 25.5 Å². The van der Waals surface area contributed by atoms with Crippen LogP contribution in [0.1, 0.15) is 26.6 Å². The number of hydrogen-bond donors (Lipinski definition) is 2. The molecule has 19 heavy (non-hydrogen) atoms. The Labute approximate surface area is 121 Å². The number of hydrogen-bond acceptors (Lipinski definition) is 5. The Hall–Kier alpha value is -1.21. The Morgan fingerprint density at radius 2 is 1.95 bits per heavy atom. The molecule has 1 aromatic rings. The maximum absolute atomic E-state index is 11.3. The van der Waals surface area contributed by atoms with Gasteiger partial charge in [-0.05, 0) is 36.7 Å². The van der Waals surface area contributed by atoms with Gasteiger partial charge >= 0.3 is 6.09 Å². The lowest BCUT2D eigenvalue weighted by atomic mass is 10.2. The molecule has 0 fully saturated rings. The van der Waals surface area contributed by atoms with Crippen LogP contribution in [0.4, 0.5) is 4.79 Å². The molecule has 0 bridgehead atoms. The lowest BCUT2D eigenvalue weighted by molar-refractivity contribution is 0.0528. The van der Waals surface area contributed by atoms with E-state index in [0.717, 1.165) is 4.47 Å². The second kappa shape index (κ2) is 7.40. The molecular formula is C12H19BrN4O2. The maximum atomic E-state index is 11.3. The third kappa shape index (κ3) is 7.74. The highest BCUT2D eigenvalue weighted by molar-refractivity contribution is 9.10. The fourth-order valence-corrected chi connectivity index (χ4v) is 1.40. The molecule has 0 aromatic carbocycles. The second-order valence-corrected chi connectivity index (χ2v) is 5.84. The van der Waals surface area contributed by atoms with E-state index in [1.54, 1.807) is 12.4 Å². The number of aromatic nitrogens is 2. The van der Waals surface area contributed by atoms with Gasteiger partial charge in [0.25, 0.3) is 0 Å². The molecule has 1 aromatic heterocycles. The summed E-state index contributed by atoms with van der Waals surface area (Å²) in [5.74, 6) is 0.709. The van der Waals surface area contributed by atoms with Crippen molar-refractivity contribution in [1.29, 1.82) is 0 Å². The summed E-state index contributed by atoms with van der Waals surface area (Å²) >= 11 is 3.27. The number of carbonyl (C=O) groups is 1. The standard InChI is InChI=1S/C12H19BrN4O2/c1-12(2,3)19-11(18)15-5-4-14-8-10-16-6-9(13)7-17-10/h6-7,14H,4-5,8H2,1-3H3,(H,15,18). The summed E-state index contributed by atoms with van der Waals surface area (Å²) in [5.41, 5.74) is -0.469. The van der Waals surface area contributed by atoms with Crippen molar-refractivity contribution in [3.8, 4) is 0 Å². The van der Waals surface area contributed by atoms with Crippen LogP contribution in [-0.4, -0.2) is 34.8 Å². The van der Waals surface area contributed by atoms with Crippen molar-refractivity contribution in [2.75, 3.05) is 13.1 Å². The van der Waals surface area contributed by atoms with E-state index in [4.69, 9.17) is 4.74 Å². The van der Waals surface area contributed by atoms with Gasteiger partial charge in [-0.2, -0.15) is 0 Å². The molecule has 0 unspecified atom stereocenters. The first-order chi connectivity index (χ1) is 8.87. The molecule has 0 saturated carbocycles. The molecule has 6 nitrogen and oxygen atoms in total. The molecule has 0 radical (unpaired) electrons. The van der Waals surface area contributed by atoms with E-state index >= 15 is 0 Å². The Kier molecular flexibility index (Phi) is 6.17. The van der Waals surface area contributed by atoms with Crippen molar-refractivity contribution in [2.24, 2.45) is 0 Å². The fraction of sp³-hybridized carbons (Fsp3) is 0.583. The molecule has 1 rings (SSSR count). The predicted octanol–water partition coefficient (Wildman–Crippen LogP) is 1.85. The summed E-state index contributed by atoms with van der Waals surface area (Å²) in [6.07, 6.45) is 2.99. The van der Waals surface area contributed by atoms with Crippen LogP contribution in [0.2, 0.25) is 0 Å². The summed E-state index contributed by atoms with van der Waals surface area (Å²) in [5, 5.41) is 5.79. The maximum Gasteiger partial charge on any atom is 0.407 e. The minimum absolute atomic E-state index is 0.408. The predicted molar refractivity (Wildman–Crippen MR) is 75.7 cm³/mol. The van der Waals surface area contributed by atoms with Crippen molar-refractivity contribution >= 4 is 22.0 Å². The fourth-order valence-electron chi connectivity index (χ4n) is 1.20. The highest BCUT2D eigenvalue weighted by Gasteiger charge is 2.15. The van der Waals surface area contributed by atoms with Crippen LogP contribution in [0, 0.1) is 0 Å². The number of ether oxygens (including phenoxy) is 1. The topological polar surface area (TPSA) is 76.1 Å². The van der Waals surface area contributed by atoms with Gasteiger partial charge < -0.3 is 15.4 Å². The van der Waals surface area contributed by atoms with Gasteiger partial charge in [0.15, 0.2) is 0 Å². The number of halogens is 1. The lowest BCUT2D eigenvalue weighted by Gasteiger charge is -2.19. The van der Waals surface area contributed by atoms with Crippen molar-refractivity contribution < 1.29 is 9.53 Å². The second-order valence-electron chi connectivity index (χ2n) is 4.92. The third-order valence-electron chi connectivity index (χ3n) is 1.93. The summed E-state index contributed by atoms with van der Waals surface area (Å²) in [6, 6.07) is 0. The molecule has 7 heteroatoms. The zero-order valence-electron chi connectivity index (χ0n) is 11.4. The quantitative estimate of drug-likeness (QED) is 0.806. The zero-order valence-corrected chi connectivity index (χ0v) is 13.0. The van der Waals surface area contributed by atoms with E-state index in [-0.39, 0.29) is 0 Å². The summed E-state index contributed by atoms with van der Waals surface area (Å²) in [6.45, 7) is 7.16. The number of nitrogens with zero attached hydrogens (tertiary/aromatic N) is 2. The molecular weight excluding hydrogens is 312 g/mol. The van der Waals surface area contributed by atoms with E-state index < -0.39 is 11.7 Å². The van der Waals surface area contributed by atoms with Crippen LogP contribution in [0.5, 0.6) is 0 Å². The van der Waals surface area contributed by atoms with Crippen LogP contribution in [-0.2, 0) is 11.3 Å². The molecule has 0 aliphatic rings. The highest BCUT2D eigenvalue weighted by atomic mass is 79.9. The van der Waals surface area contributed by atoms with Gasteiger partial charge in [-0.25, -0.2) is 14.8 Å². The van der Waals surface area contributed by atoms with Crippen LogP contribution in [0.25, 0.3) is 0 Å². The van der Waals surface area contributed by atoms with Gasteiger partial charge in [0.05, 0.1) is 11.0 Å². The van der Waals surface area contributed by atoms with Gasteiger partial charge in [-0.1, -0.05) is 0 Å². The van der Waals surface area contributed by atoms with Crippen molar-refractivity contribution in [2.45, 2.75) is 32.9 Å². The van der Waals surface area contributed by atoms with Gasteiger partial charge in [0.1, 0.15) is 11.4 Å². The average Bonchev–Trinajstić information content (AvgIpc) is 2.29. The zero-order chi connectivity index (χ0) is 14.3. The summed E-state index contributed by atoms with van der Waals surface area (Å²) in [7, 11) is 0. The molecule has 0 spiro atoms. The van der Waals surface area contributed by atoms with Gasteiger partial charge in [0, 0.05) is 25.5 Å². The Bertz CT molecular complexity index is 403. The third-order valence-corrected chi connectivity index (χ3v) is 2.34. The van der Waals surface area contributed by atoms with Crippen LogP contribution in [0.3, 0.4) is 0 Å². The monoisotopic (exact) mass is 330 g/mol. The van der Waals surface area contributed by atoms with E-state index in [9.17, 15) is 4.79 Å². The SMILES string of the molecule is CC(C)(C)OC(=O)NCCNCc1ncc(Br)cn1. The van der Waals surface area contributed by atoms with Crippen LogP contribution < -0.4 is 10.6 Å². The smallest absolute Gasteiger partial charge is 0.407 e. The van der Waals surface area contributed by atoms with Gasteiger partial charge in [-0.15, -0.1) is 0 Å². The highest BCUT2D eigenvalue weighted by Crippen LogP contribution is 2.06. The Morgan fingerprint density at radius 1 is 1.32 bits per heavy atom. The molecule has 0 atom stereocenters. The van der Waals surface area contributed by atoms with Crippen molar-refractivity contribution in [3.63, 3.8) is 0 Å². The molecule has 1 heterocycles. The van der Waals surface area contributed by atoms with E-state index in [1.807, 2.05) is 20.8 Å². The molecule has 0 saturated heterocycles. The van der Waals surface area contributed by atoms with E-state index in [2.05, 4.69) is 36.5 Å². The normalized spacial score (nSPS) is 11.2. The van der Waals surface area contributed by atoms with Crippen LogP contribution >= 0.6 is 15.9 Å². The molecule has 106 valence electrons. The van der Waals surface area contributed by atoms with Crippen molar-refractivity contribution in [1.82, 2.24) is 20.6 Å². The average molecular weight is 331 g/mol. The summed E-state index contributed by atoms with van der Waals surface area (Å²) < 4.78 is 5.96. The molecule has 0 aliphatic carbocycles.